The molecule has 0 aromatic heterocycles. The first-order valence-corrected chi connectivity index (χ1v) is 13.8. The minimum absolute atomic E-state index is 0.00958. The Balaban J connectivity index is -0.000000218. The second kappa shape index (κ2) is 25.3. The maximum absolute atomic E-state index is 11.4. The van der Waals surface area contributed by atoms with Crippen molar-refractivity contribution in [2.75, 3.05) is 13.1 Å². The van der Waals surface area contributed by atoms with Crippen molar-refractivity contribution < 1.29 is 24.0 Å². The lowest BCUT2D eigenvalue weighted by molar-refractivity contribution is -0.124. The summed E-state index contributed by atoms with van der Waals surface area (Å²) in [6.07, 6.45) is 2.45. The van der Waals surface area contributed by atoms with Crippen molar-refractivity contribution >= 4 is 29.0 Å². The lowest BCUT2D eigenvalue weighted by Gasteiger charge is -2.15. The number of nitrogens with two attached hydrogens (primary N) is 3. The summed E-state index contributed by atoms with van der Waals surface area (Å²) in [6, 6.07) is -0.623. The number of nitrogens with one attached hydrogen (secondary N) is 1. The van der Waals surface area contributed by atoms with Gasteiger partial charge in [0.2, 0.25) is 5.91 Å². The summed E-state index contributed by atoms with van der Waals surface area (Å²) < 4.78 is 0. The molecule has 0 heterocycles. The Labute approximate surface area is 232 Å². The zero-order chi connectivity index (χ0) is 31.2. The predicted octanol–water partition coefficient (Wildman–Crippen LogP) is 3.44. The summed E-state index contributed by atoms with van der Waals surface area (Å²) in [7, 11) is 0. The molecule has 2 atom stereocenters. The van der Waals surface area contributed by atoms with Crippen molar-refractivity contribution in [1.29, 1.82) is 0 Å². The number of carbonyl (C=O) groups is 5. The number of carbonyl (C=O) groups excluding carboxylic acids is 5. The number of Topliss-reactive ketones (excluding diaryl/α,β-unsaturated/α-hetero) is 4. The van der Waals surface area contributed by atoms with Crippen molar-refractivity contribution in [2.24, 2.45) is 46.8 Å². The van der Waals surface area contributed by atoms with Crippen LogP contribution in [0.3, 0.4) is 0 Å². The van der Waals surface area contributed by atoms with Gasteiger partial charge < -0.3 is 22.5 Å². The molecule has 1 amide bonds. The van der Waals surface area contributed by atoms with Crippen LogP contribution in [0.25, 0.3) is 0 Å². The molecule has 0 saturated carbocycles. The van der Waals surface area contributed by atoms with Crippen LogP contribution in [0.15, 0.2) is 0 Å². The molecular formula is C29H60N4O5. The van der Waals surface area contributed by atoms with E-state index in [1.165, 1.54) is 6.92 Å². The fourth-order valence-corrected chi connectivity index (χ4v) is 2.27. The monoisotopic (exact) mass is 544 g/mol. The topological polar surface area (TPSA) is 175 Å². The molecule has 0 saturated heterocycles. The fraction of sp³-hybridized carbons (Fsp3) is 0.828. The molecule has 0 aliphatic rings. The van der Waals surface area contributed by atoms with Crippen molar-refractivity contribution in [2.45, 2.75) is 114 Å². The highest BCUT2D eigenvalue weighted by Gasteiger charge is 2.19. The first-order chi connectivity index (χ1) is 17.2. The number of hydrogen-bond acceptors (Lipinski definition) is 8. The molecule has 38 heavy (non-hydrogen) atoms. The Morgan fingerprint density at radius 1 is 0.658 bits per heavy atom. The van der Waals surface area contributed by atoms with Crippen molar-refractivity contribution in [3.05, 3.63) is 0 Å². The first-order valence-electron chi connectivity index (χ1n) is 13.8. The number of ketones is 4. The van der Waals surface area contributed by atoms with Crippen LogP contribution in [0.4, 0.5) is 0 Å². The number of unbranched alkanes of at least 4 members (excludes halogenated alkanes) is 1. The Bertz CT molecular complexity index is 674. The van der Waals surface area contributed by atoms with Gasteiger partial charge in [-0.15, -0.1) is 0 Å². The maximum atomic E-state index is 11.4. The summed E-state index contributed by atoms with van der Waals surface area (Å²) in [6.45, 7) is 22.8. The summed E-state index contributed by atoms with van der Waals surface area (Å²) in [5.74, 6) is 1.30. The summed E-state index contributed by atoms with van der Waals surface area (Å²) in [5.41, 5.74) is 16.4. The van der Waals surface area contributed by atoms with Gasteiger partial charge in [-0.3, -0.25) is 24.0 Å². The molecule has 9 heteroatoms. The first kappa shape index (κ1) is 43.1. The van der Waals surface area contributed by atoms with Gasteiger partial charge >= 0.3 is 0 Å². The standard InChI is InChI=1S/C11H22N2O2.C8H17NO.C5H11NO.C5H10O/c1-8(2)11(15)10(12)6-4-5-7-13-9(3)14;1-5(2)7(9)8(10)6(3)4;1-4(2)5(7)3-6;1-4(2)5(3)6/h8,10H,4-7,12H2,1-3H3,(H,13,14);5-7H,9H2,1-4H3;4H,3,6H2,1-2H3;4H,1-3H3/t10-;7-;;/m00../s1. The molecule has 0 bridgehead atoms. The average Bonchev–Trinajstić information content (AvgIpc) is 2.82. The van der Waals surface area contributed by atoms with Crippen LogP contribution in [-0.2, 0) is 24.0 Å². The van der Waals surface area contributed by atoms with Gasteiger partial charge in [-0.1, -0.05) is 69.2 Å². The summed E-state index contributed by atoms with van der Waals surface area (Å²) in [5, 5.41) is 2.71. The normalized spacial score (nSPS) is 12.0. The molecule has 0 rings (SSSR count). The lowest BCUT2D eigenvalue weighted by Crippen LogP contribution is -2.38. The Hall–Kier alpha value is -1.97. The van der Waals surface area contributed by atoms with E-state index >= 15 is 0 Å². The number of amides is 1. The quantitative estimate of drug-likeness (QED) is 0.255. The van der Waals surface area contributed by atoms with Gasteiger partial charge in [-0.25, -0.2) is 0 Å². The van der Waals surface area contributed by atoms with Gasteiger partial charge in [0.1, 0.15) is 11.6 Å². The van der Waals surface area contributed by atoms with E-state index < -0.39 is 0 Å². The SMILES string of the molecule is CC(=O)C(C)C.CC(=O)NCCCC[C@H](N)C(=O)C(C)C.CC(C)C(=O)CN.CC(C)C(=O)[C@@H](N)C(C)C. The van der Waals surface area contributed by atoms with E-state index in [1.807, 2.05) is 69.2 Å². The molecule has 9 nitrogen and oxygen atoms in total. The predicted molar refractivity (Wildman–Crippen MR) is 157 cm³/mol. The molecule has 0 aliphatic heterocycles. The van der Waals surface area contributed by atoms with Crippen LogP contribution in [0.2, 0.25) is 0 Å². The van der Waals surface area contributed by atoms with Crippen LogP contribution >= 0.6 is 0 Å². The van der Waals surface area contributed by atoms with E-state index in [2.05, 4.69) is 5.32 Å². The van der Waals surface area contributed by atoms with Crippen LogP contribution in [0, 0.1) is 29.6 Å². The Morgan fingerprint density at radius 2 is 1.08 bits per heavy atom. The second-order valence-corrected chi connectivity index (χ2v) is 11.1. The molecule has 0 aliphatic carbocycles. The van der Waals surface area contributed by atoms with Crippen LogP contribution in [-0.4, -0.2) is 54.2 Å². The van der Waals surface area contributed by atoms with Gasteiger partial charge in [0.05, 0.1) is 18.6 Å². The minimum atomic E-state index is -0.345. The molecule has 0 unspecified atom stereocenters. The molecular weight excluding hydrogens is 484 g/mol. The highest BCUT2D eigenvalue weighted by Crippen LogP contribution is 2.06. The summed E-state index contributed by atoms with van der Waals surface area (Å²) >= 11 is 0. The van der Waals surface area contributed by atoms with E-state index in [9.17, 15) is 24.0 Å². The van der Waals surface area contributed by atoms with E-state index in [1.54, 1.807) is 6.92 Å². The van der Waals surface area contributed by atoms with Crippen LogP contribution in [0.1, 0.15) is 102 Å². The number of hydrogen-bond donors (Lipinski definition) is 4. The third-order valence-electron chi connectivity index (χ3n) is 5.52. The van der Waals surface area contributed by atoms with Gasteiger partial charge in [-0.2, -0.15) is 0 Å². The molecule has 0 fully saturated rings. The summed E-state index contributed by atoms with van der Waals surface area (Å²) in [4.78, 5) is 53.7. The van der Waals surface area contributed by atoms with Crippen LogP contribution in [0.5, 0.6) is 0 Å². The van der Waals surface area contributed by atoms with E-state index in [-0.39, 0.29) is 77.3 Å². The average molecular weight is 545 g/mol. The highest BCUT2D eigenvalue weighted by atomic mass is 16.2. The second-order valence-electron chi connectivity index (χ2n) is 11.1. The molecule has 0 aromatic carbocycles. The van der Waals surface area contributed by atoms with Gasteiger partial charge in [0.25, 0.3) is 0 Å². The van der Waals surface area contributed by atoms with E-state index in [0.717, 1.165) is 12.8 Å². The third-order valence-corrected chi connectivity index (χ3v) is 5.52. The number of rotatable bonds is 13. The fourth-order valence-electron chi connectivity index (χ4n) is 2.27. The molecule has 7 N–H and O–H groups in total. The Morgan fingerprint density at radius 3 is 1.29 bits per heavy atom. The minimum Gasteiger partial charge on any atom is -0.356 e. The molecule has 0 aromatic rings. The van der Waals surface area contributed by atoms with E-state index in [4.69, 9.17) is 17.2 Å². The smallest absolute Gasteiger partial charge is 0.216 e. The van der Waals surface area contributed by atoms with Crippen LogP contribution < -0.4 is 22.5 Å². The largest absolute Gasteiger partial charge is 0.356 e. The molecule has 0 spiro atoms. The highest BCUT2D eigenvalue weighted by molar-refractivity contribution is 5.86. The Kier molecular flexibility index (Phi) is 28.7. The zero-order valence-corrected chi connectivity index (χ0v) is 26.4. The zero-order valence-electron chi connectivity index (χ0n) is 26.4. The van der Waals surface area contributed by atoms with Gasteiger partial charge in [-0.05, 0) is 32.1 Å². The van der Waals surface area contributed by atoms with Crippen molar-refractivity contribution in [3.8, 4) is 0 Å². The maximum Gasteiger partial charge on any atom is 0.216 e. The molecule has 0 radical (unpaired) electrons. The third kappa shape index (κ3) is 28.6. The van der Waals surface area contributed by atoms with E-state index in [0.29, 0.717) is 13.0 Å². The van der Waals surface area contributed by atoms with Crippen molar-refractivity contribution in [3.63, 3.8) is 0 Å². The lowest BCUT2D eigenvalue weighted by atomic mass is 9.94. The van der Waals surface area contributed by atoms with Crippen molar-refractivity contribution in [1.82, 2.24) is 5.32 Å². The van der Waals surface area contributed by atoms with Gasteiger partial charge in [0, 0.05) is 37.1 Å². The van der Waals surface area contributed by atoms with Gasteiger partial charge in [0.15, 0.2) is 11.6 Å². The molecule has 226 valence electrons.